The van der Waals surface area contributed by atoms with Crippen LogP contribution in [0.3, 0.4) is 0 Å². The van der Waals surface area contributed by atoms with Crippen molar-refractivity contribution in [2.75, 3.05) is 6.79 Å². The molecule has 0 aliphatic rings. The molecule has 0 amide bonds. The van der Waals surface area contributed by atoms with E-state index in [1.54, 1.807) is 0 Å². The number of aliphatic hydroxyl groups is 1. The number of aliphatic hydroxyl groups excluding tert-OH is 1. The summed E-state index contributed by atoms with van der Waals surface area (Å²) in [5, 5.41) is 8.91. The van der Waals surface area contributed by atoms with Crippen LogP contribution in [-0.4, -0.2) is 11.9 Å². The normalized spacial score (nSPS) is 11.1. The van der Waals surface area contributed by atoms with Gasteiger partial charge in [-0.15, -0.1) is 0 Å². The fraction of sp³-hybridized carbons (Fsp3) is 0.538. The van der Waals surface area contributed by atoms with E-state index in [2.05, 4.69) is 45.9 Å². The van der Waals surface area contributed by atoms with Crippen LogP contribution in [-0.2, 0) is 0 Å². The molecular weight excluding hydrogens is 188 g/mol. The van der Waals surface area contributed by atoms with Crippen LogP contribution < -0.4 is 4.74 Å². The molecule has 0 bridgehead atoms. The Morgan fingerprint density at radius 3 is 1.87 bits per heavy atom. The molecule has 0 atom stereocenters. The molecule has 0 aromatic heterocycles. The zero-order valence-electron chi connectivity index (χ0n) is 9.95. The van der Waals surface area contributed by atoms with Crippen molar-refractivity contribution in [2.45, 2.75) is 39.5 Å². The highest BCUT2D eigenvalue weighted by Crippen LogP contribution is 2.34. The summed E-state index contributed by atoms with van der Waals surface area (Å²) in [5.74, 6) is 1.67. The third-order valence-corrected chi connectivity index (χ3v) is 2.53. The van der Waals surface area contributed by atoms with Crippen LogP contribution in [0, 0.1) is 0 Å². The zero-order valence-corrected chi connectivity index (χ0v) is 9.95. The van der Waals surface area contributed by atoms with Crippen LogP contribution in [0.2, 0.25) is 0 Å². The maximum absolute atomic E-state index is 8.91. The smallest absolute Gasteiger partial charge is 0.186 e. The fourth-order valence-corrected chi connectivity index (χ4v) is 1.71. The van der Waals surface area contributed by atoms with Gasteiger partial charge in [0, 0.05) is 0 Å². The maximum atomic E-state index is 8.91. The van der Waals surface area contributed by atoms with Gasteiger partial charge < -0.3 is 9.84 Å². The molecule has 0 aliphatic carbocycles. The summed E-state index contributed by atoms with van der Waals surface area (Å²) in [6.07, 6.45) is 0. The van der Waals surface area contributed by atoms with Gasteiger partial charge in [0.25, 0.3) is 0 Å². The molecule has 2 heteroatoms. The van der Waals surface area contributed by atoms with Gasteiger partial charge in [0.2, 0.25) is 0 Å². The first kappa shape index (κ1) is 12.1. The molecule has 0 aliphatic heterocycles. The van der Waals surface area contributed by atoms with E-state index in [4.69, 9.17) is 9.84 Å². The highest BCUT2D eigenvalue weighted by Gasteiger charge is 2.14. The minimum absolute atomic E-state index is 0.260. The van der Waals surface area contributed by atoms with Crippen molar-refractivity contribution in [1.29, 1.82) is 0 Å². The number of rotatable bonds is 4. The van der Waals surface area contributed by atoms with E-state index in [1.807, 2.05) is 0 Å². The highest BCUT2D eigenvalue weighted by atomic mass is 16.6. The van der Waals surface area contributed by atoms with Gasteiger partial charge in [-0.05, 0) is 23.0 Å². The molecule has 0 heterocycles. The summed E-state index contributed by atoms with van der Waals surface area (Å²) in [6.45, 7) is 8.25. The summed E-state index contributed by atoms with van der Waals surface area (Å²) in [6, 6.07) is 6.16. The first-order chi connectivity index (χ1) is 7.07. The molecule has 0 spiro atoms. The van der Waals surface area contributed by atoms with Crippen LogP contribution in [0.5, 0.6) is 5.75 Å². The summed E-state index contributed by atoms with van der Waals surface area (Å²) < 4.78 is 5.35. The Bertz CT molecular complexity index is 290. The van der Waals surface area contributed by atoms with Crippen LogP contribution in [0.1, 0.15) is 50.7 Å². The lowest BCUT2D eigenvalue weighted by molar-refractivity contribution is 0.0961. The second-order valence-electron chi connectivity index (χ2n) is 4.35. The molecule has 2 nitrogen and oxygen atoms in total. The van der Waals surface area contributed by atoms with Crippen LogP contribution >= 0.6 is 0 Å². The average molecular weight is 208 g/mol. The molecule has 0 unspecified atom stereocenters. The van der Waals surface area contributed by atoms with E-state index in [0.29, 0.717) is 11.8 Å². The fourth-order valence-electron chi connectivity index (χ4n) is 1.71. The molecule has 0 fully saturated rings. The largest absolute Gasteiger partial charge is 0.467 e. The number of hydrogen-bond donors (Lipinski definition) is 1. The van der Waals surface area contributed by atoms with Crippen molar-refractivity contribution in [3.8, 4) is 5.75 Å². The van der Waals surface area contributed by atoms with Crippen molar-refractivity contribution in [3.63, 3.8) is 0 Å². The first-order valence-corrected chi connectivity index (χ1v) is 5.44. The van der Waals surface area contributed by atoms with E-state index >= 15 is 0 Å². The molecule has 1 N–H and O–H groups in total. The molecule has 1 aromatic rings. The quantitative estimate of drug-likeness (QED) is 0.769. The summed E-state index contributed by atoms with van der Waals surface area (Å²) in [7, 11) is 0. The molecule has 0 radical (unpaired) electrons. The Labute approximate surface area is 91.9 Å². The van der Waals surface area contributed by atoms with Crippen LogP contribution in [0.4, 0.5) is 0 Å². The van der Waals surface area contributed by atoms with E-state index in [-0.39, 0.29) is 6.79 Å². The van der Waals surface area contributed by atoms with E-state index in [1.165, 1.54) is 0 Å². The lowest BCUT2D eigenvalue weighted by atomic mass is 9.94. The van der Waals surface area contributed by atoms with Gasteiger partial charge in [-0.25, -0.2) is 0 Å². The lowest BCUT2D eigenvalue weighted by Gasteiger charge is -2.18. The Morgan fingerprint density at radius 2 is 1.53 bits per heavy atom. The number of benzene rings is 1. The molecule has 1 aromatic carbocycles. The predicted molar refractivity (Wildman–Crippen MR) is 62.3 cm³/mol. The monoisotopic (exact) mass is 208 g/mol. The molecule has 0 saturated carbocycles. The molecule has 15 heavy (non-hydrogen) atoms. The summed E-state index contributed by atoms with van der Waals surface area (Å²) in [5.41, 5.74) is 2.32. The van der Waals surface area contributed by atoms with Crippen molar-refractivity contribution in [1.82, 2.24) is 0 Å². The second kappa shape index (κ2) is 5.17. The molecule has 1 rings (SSSR count). The minimum Gasteiger partial charge on any atom is -0.467 e. The Hall–Kier alpha value is -1.02. The van der Waals surface area contributed by atoms with Gasteiger partial charge in [0.15, 0.2) is 6.79 Å². The van der Waals surface area contributed by atoms with Crippen molar-refractivity contribution >= 4 is 0 Å². The van der Waals surface area contributed by atoms with Crippen molar-refractivity contribution < 1.29 is 9.84 Å². The molecule has 84 valence electrons. The number of hydrogen-bond acceptors (Lipinski definition) is 2. The minimum atomic E-state index is -0.260. The van der Waals surface area contributed by atoms with E-state index in [9.17, 15) is 0 Å². The third-order valence-electron chi connectivity index (χ3n) is 2.53. The van der Waals surface area contributed by atoms with Crippen molar-refractivity contribution in [2.24, 2.45) is 0 Å². The molecular formula is C13H20O2. The van der Waals surface area contributed by atoms with Gasteiger partial charge in [-0.2, -0.15) is 0 Å². The zero-order chi connectivity index (χ0) is 11.4. The first-order valence-electron chi connectivity index (χ1n) is 5.44. The predicted octanol–water partition coefficient (Wildman–Crippen LogP) is 3.26. The molecule has 0 saturated heterocycles. The van der Waals surface area contributed by atoms with Gasteiger partial charge in [0.1, 0.15) is 5.75 Å². The SMILES string of the molecule is CC(C)c1cccc(C(C)C)c1OCO. The topological polar surface area (TPSA) is 29.5 Å². The average Bonchev–Trinajstić information content (AvgIpc) is 2.17. The highest BCUT2D eigenvalue weighted by molar-refractivity contribution is 5.44. The number of para-hydroxylation sites is 1. The Balaban J connectivity index is 3.21. The van der Waals surface area contributed by atoms with E-state index < -0.39 is 0 Å². The van der Waals surface area contributed by atoms with Crippen LogP contribution in [0.25, 0.3) is 0 Å². The van der Waals surface area contributed by atoms with Gasteiger partial charge in [-0.3, -0.25) is 0 Å². The second-order valence-corrected chi connectivity index (χ2v) is 4.35. The van der Waals surface area contributed by atoms with Gasteiger partial charge in [-0.1, -0.05) is 45.9 Å². The van der Waals surface area contributed by atoms with Crippen molar-refractivity contribution in [3.05, 3.63) is 29.3 Å². The standard InChI is InChI=1S/C13H20O2/c1-9(2)11-6-5-7-12(10(3)4)13(11)15-8-14/h5-7,9-10,14H,8H2,1-4H3. The third kappa shape index (κ3) is 2.72. The number of ether oxygens (including phenoxy) is 1. The van der Waals surface area contributed by atoms with Gasteiger partial charge in [0.05, 0.1) is 0 Å². The maximum Gasteiger partial charge on any atom is 0.186 e. The summed E-state index contributed by atoms with van der Waals surface area (Å²) >= 11 is 0. The summed E-state index contributed by atoms with van der Waals surface area (Å²) in [4.78, 5) is 0. The Kier molecular flexibility index (Phi) is 4.15. The van der Waals surface area contributed by atoms with E-state index in [0.717, 1.165) is 16.9 Å². The van der Waals surface area contributed by atoms with Gasteiger partial charge >= 0.3 is 0 Å². The Morgan fingerprint density at radius 1 is 1.07 bits per heavy atom. The van der Waals surface area contributed by atoms with Crippen LogP contribution in [0.15, 0.2) is 18.2 Å². The lowest BCUT2D eigenvalue weighted by Crippen LogP contribution is -2.04.